The molecule has 104 valence electrons. The van der Waals surface area contributed by atoms with E-state index in [0.717, 1.165) is 6.42 Å². The largest absolute Gasteiger partial charge is 0.368 e. The minimum Gasteiger partial charge on any atom is -0.368 e. The van der Waals surface area contributed by atoms with Gasteiger partial charge in [-0.25, -0.2) is 5.14 Å². The second kappa shape index (κ2) is 5.12. The van der Waals surface area contributed by atoms with Crippen molar-refractivity contribution in [1.29, 1.82) is 0 Å². The summed E-state index contributed by atoms with van der Waals surface area (Å²) in [5.41, 5.74) is 0. The van der Waals surface area contributed by atoms with E-state index in [1.807, 2.05) is 6.92 Å². The van der Waals surface area contributed by atoms with E-state index in [1.54, 1.807) is 4.90 Å². The van der Waals surface area contributed by atoms with Crippen LogP contribution in [0.1, 0.15) is 13.3 Å². The van der Waals surface area contributed by atoms with Crippen molar-refractivity contribution in [2.45, 2.75) is 19.4 Å². The zero-order chi connectivity index (χ0) is 13.3. The third kappa shape index (κ3) is 2.82. The molecule has 2 aliphatic heterocycles. The smallest absolute Gasteiger partial charge is 0.277 e. The molecule has 2 saturated heterocycles. The summed E-state index contributed by atoms with van der Waals surface area (Å²) >= 11 is 0. The molecule has 2 rings (SSSR count). The molecule has 2 fully saturated rings. The highest BCUT2D eigenvalue weighted by Crippen LogP contribution is 2.22. The van der Waals surface area contributed by atoms with Crippen molar-refractivity contribution in [1.82, 2.24) is 9.21 Å². The third-order valence-corrected chi connectivity index (χ3v) is 4.63. The zero-order valence-corrected chi connectivity index (χ0v) is 11.2. The second-order valence-electron chi connectivity index (χ2n) is 4.83. The van der Waals surface area contributed by atoms with Crippen LogP contribution < -0.4 is 5.14 Å². The van der Waals surface area contributed by atoms with Crippen LogP contribution >= 0.6 is 0 Å². The van der Waals surface area contributed by atoms with Gasteiger partial charge in [0.1, 0.15) is 6.10 Å². The fraction of sp³-hybridized carbons (Fsp3) is 0.900. The lowest BCUT2D eigenvalue weighted by molar-refractivity contribution is -0.143. The molecule has 0 aromatic rings. The molecule has 2 aliphatic rings. The van der Waals surface area contributed by atoms with E-state index in [4.69, 9.17) is 9.88 Å². The monoisotopic (exact) mass is 277 g/mol. The summed E-state index contributed by atoms with van der Waals surface area (Å²) in [5, 5.41) is 5.05. The van der Waals surface area contributed by atoms with Gasteiger partial charge in [0.15, 0.2) is 0 Å². The first-order valence-corrected chi connectivity index (χ1v) is 7.58. The summed E-state index contributed by atoms with van der Waals surface area (Å²) in [6.07, 6.45) is 0.527. The van der Waals surface area contributed by atoms with Gasteiger partial charge in [0.05, 0.1) is 0 Å². The van der Waals surface area contributed by atoms with Crippen LogP contribution in [-0.2, 0) is 19.7 Å². The van der Waals surface area contributed by atoms with Crippen LogP contribution in [-0.4, -0.2) is 62.4 Å². The summed E-state index contributed by atoms with van der Waals surface area (Å²) in [6.45, 7) is 3.88. The molecule has 0 spiro atoms. The van der Waals surface area contributed by atoms with E-state index in [9.17, 15) is 13.2 Å². The standard InChI is InChI=1S/C10H19N3O4S/c1-8-2-7-17-9(8)10(14)12-3-5-13(6-4-12)18(11,15)16/h8-9H,2-7H2,1H3,(H2,11,15,16). The fourth-order valence-electron chi connectivity index (χ4n) is 2.35. The van der Waals surface area contributed by atoms with E-state index in [2.05, 4.69) is 0 Å². The SMILES string of the molecule is CC1CCOC1C(=O)N1CCN(S(N)(=O)=O)CC1. The van der Waals surface area contributed by atoms with Gasteiger partial charge < -0.3 is 9.64 Å². The minimum absolute atomic E-state index is 0.0333. The van der Waals surface area contributed by atoms with E-state index < -0.39 is 10.2 Å². The molecule has 2 heterocycles. The number of amides is 1. The maximum Gasteiger partial charge on any atom is 0.277 e. The van der Waals surface area contributed by atoms with Crippen LogP contribution in [0.15, 0.2) is 0 Å². The van der Waals surface area contributed by atoms with Gasteiger partial charge in [-0.1, -0.05) is 6.92 Å². The molecule has 0 radical (unpaired) electrons. The van der Waals surface area contributed by atoms with Gasteiger partial charge >= 0.3 is 0 Å². The lowest BCUT2D eigenvalue weighted by atomic mass is 10.0. The Morgan fingerprint density at radius 2 is 1.89 bits per heavy atom. The topological polar surface area (TPSA) is 92.9 Å². The Bertz CT molecular complexity index is 417. The van der Waals surface area contributed by atoms with Crippen LogP contribution in [0.3, 0.4) is 0 Å². The summed E-state index contributed by atoms with van der Waals surface area (Å²) in [4.78, 5) is 13.8. The first-order chi connectivity index (χ1) is 8.39. The van der Waals surface area contributed by atoms with Gasteiger partial charge in [0, 0.05) is 32.8 Å². The molecule has 2 N–H and O–H groups in total. The minimum atomic E-state index is -3.64. The molecule has 8 heteroatoms. The molecular weight excluding hydrogens is 258 g/mol. The Hall–Kier alpha value is -0.700. The first kappa shape index (κ1) is 13.7. The Kier molecular flexibility index (Phi) is 3.90. The fourth-order valence-corrected chi connectivity index (χ4v) is 3.03. The van der Waals surface area contributed by atoms with Gasteiger partial charge in [-0.2, -0.15) is 12.7 Å². The van der Waals surface area contributed by atoms with E-state index in [0.29, 0.717) is 19.7 Å². The Balaban J connectivity index is 1.92. The van der Waals surface area contributed by atoms with Crippen LogP contribution in [0.5, 0.6) is 0 Å². The molecule has 18 heavy (non-hydrogen) atoms. The Morgan fingerprint density at radius 1 is 1.28 bits per heavy atom. The molecular formula is C10H19N3O4S. The van der Waals surface area contributed by atoms with Crippen molar-refractivity contribution in [3.63, 3.8) is 0 Å². The van der Waals surface area contributed by atoms with Gasteiger partial charge in [0.2, 0.25) is 0 Å². The number of carbonyl (C=O) groups excluding carboxylic acids is 1. The highest BCUT2D eigenvalue weighted by Gasteiger charge is 2.36. The first-order valence-electron chi connectivity index (χ1n) is 6.08. The molecule has 2 atom stereocenters. The number of carbonyl (C=O) groups is 1. The number of piperazine rings is 1. The molecule has 0 aromatic heterocycles. The predicted molar refractivity (Wildman–Crippen MR) is 64.8 cm³/mol. The van der Waals surface area contributed by atoms with E-state index in [-0.39, 0.29) is 31.0 Å². The number of rotatable bonds is 2. The van der Waals surface area contributed by atoms with Crippen LogP contribution in [0.2, 0.25) is 0 Å². The molecule has 0 saturated carbocycles. The molecule has 0 aliphatic carbocycles. The van der Waals surface area contributed by atoms with Crippen molar-refractivity contribution < 1.29 is 17.9 Å². The van der Waals surface area contributed by atoms with Gasteiger partial charge in [-0.05, 0) is 12.3 Å². The van der Waals surface area contributed by atoms with Gasteiger partial charge in [-0.15, -0.1) is 0 Å². The third-order valence-electron chi connectivity index (χ3n) is 3.54. The van der Waals surface area contributed by atoms with Crippen molar-refractivity contribution >= 4 is 16.1 Å². The second-order valence-corrected chi connectivity index (χ2v) is 6.37. The predicted octanol–water partition coefficient (Wildman–Crippen LogP) is -1.24. The number of hydrogen-bond acceptors (Lipinski definition) is 4. The zero-order valence-electron chi connectivity index (χ0n) is 10.4. The van der Waals surface area contributed by atoms with Gasteiger partial charge in [-0.3, -0.25) is 4.79 Å². The molecule has 1 amide bonds. The molecule has 7 nitrogen and oxygen atoms in total. The van der Waals surface area contributed by atoms with Crippen molar-refractivity contribution in [2.75, 3.05) is 32.8 Å². The maximum absolute atomic E-state index is 12.2. The molecule has 2 unspecified atom stereocenters. The van der Waals surface area contributed by atoms with Crippen LogP contribution in [0.4, 0.5) is 0 Å². The number of nitrogens with two attached hydrogens (primary N) is 1. The maximum atomic E-state index is 12.2. The van der Waals surface area contributed by atoms with Gasteiger partial charge in [0.25, 0.3) is 16.1 Å². The lowest BCUT2D eigenvalue weighted by Crippen LogP contribution is -2.54. The average molecular weight is 277 g/mol. The Morgan fingerprint density at radius 3 is 2.33 bits per heavy atom. The molecule has 0 aromatic carbocycles. The highest BCUT2D eigenvalue weighted by molar-refractivity contribution is 7.86. The van der Waals surface area contributed by atoms with Crippen molar-refractivity contribution in [3.8, 4) is 0 Å². The van der Waals surface area contributed by atoms with E-state index >= 15 is 0 Å². The van der Waals surface area contributed by atoms with E-state index in [1.165, 1.54) is 4.31 Å². The number of hydrogen-bond donors (Lipinski definition) is 1. The summed E-state index contributed by atoms with van der Waals surface area (Å²) in [6, 6.07) is 0. The highest BCUT2D eigenvalue weighted by atomic mass is 32.2. The Labute approximate surface area is 107 Å². The molecule has 0 bridgehead atoms. The quantitative estimate of drug-likeness (QED) is 0.683. The summed E-state index contributed by atoms with van der Waals surface area (Å²) in [7, 11) is -3.64. The van der Waals surface area contributed by atoms with Crippen LogP contribution in [0, 0.1) is 5.92 Å². The summed E-state index contributed by atoms with van der Waals surface area (Å²) in [5.74, 6) is 0.197. The summed E-state index contributed by atoms with van der Waals surface area (Å²) < 4.78 is 28.9. The van der Waals surface area contributed by atoms with Crippen molar-refractivity contribution in [2.24, 2.45) is 11.1 Å². The normalized spacial score (nSPS) is 30.7. The van der Waals surface area contributed by atoms with Crippen LogP contribution in [0.25, 0.3) is 0 Å². The average Bonchev–Trinajstić information content (AvgIpc) is 2.73. The van der Waals surface area contributed by atoms with Crippen molar-refractivity contribution in [3.05, 3.63) is 0 Å². The number of nitrogens with zero attached hydrogens (tertiary/aromatic N) is 2. The lowest BCUT2D eigenvalue weighted by Gasteiger charge is -2.34. The number of ether oxygens (including phenoxy) is 1.